The van der Waals surface area contributed by atoms with E-state index in [1.165, 1.54) is 0 Å². The van der Waals surface area contributed by atoms with Crippen LogP contribution in [0.4, 0.5) is 10.5 Å². The summed E-state index contributed by atoms with van der Waals surface area (Å²) in [4.78, 5) is 24.4. The third-order valence-electron chi connectivity index (χ3n) is 7.34. The molecule has 0 radical (unpaired) electrons. The number of aromatic nitrogens is 1. The number of carbonyl (C=O) groups is 2. The zero-order chi connectivity index (χ0) is 26.5. The van der Waals surface area contributed by atoms with Gasteiger partial charge in [-0.15, -0.1) is 0 Å². The Morgan fingerprint density at radius 1 is 0.921 bits per heavy atom. The minimum atomic E-state index is -0.765. The molecule has 4 aromatic rings. The summed E-state index contributed by atoms with van der Waals surface area (Å²) in [6.45, 7) is 2.02. The van der Waals surface area contributed by atoms with Crippen molar-refractivity contribution in [3.8, 4) is 22.5 Å². The fourth-order valence-electron chi connectivity index (χ4n) is 5.16. The highest BCUT2D eigenvalue weighted by atomic mass is 16.5. The van der Waals surface area contributed by atoms with E-state index >= 15 is 0 Å². The number of amides is 1. The van der Waals surface area contributed by atoms with Crippen molar-refractivity contribution in [1.82, 2.24) is 5.16 Å². The SMILES string of the molecule is Cc1noc(-c2ccc(-c3ccc(C4(C(=O)O)CCCC4)cc3)cc2)c1NC(=O)OCCc1ccccc1. The predicted octanol–water partition coefficient (Wildman–Crippen LogP) is 7.00. The highest BCUT2D eigenvalue weighted by Gasteiger charge is 2.42. The monoisotopic (exact) mass is 510 g/mol. The molecule has 1 saturated carbocycles. The second-order valence-electron chi connectivity index (χ2n) is 9.72. The molecule has 1 aromatic heterocycles. The molecule has 1 aliphatic rings. The summed E-state index contributed by atoms with van der Waals surface area (Å²) < 4.78 is 10.9. The lowest BCUT2D eigenvalue weighted by molar-refractivity contribution is -0.143. The highest BCUT2D eigenvalue weighted by Crippen LogP contribution is 2.42. The first-order chi connectivity index (χ1) is 18.5. The summed E-state index contributed by atoms with van der Waals surface area (Å²) in [5.74, 6) is -0.284. The van der Waals surface area contributed by atoms with E-state index in [0.717, 1.165) is 40.7 Å². The van der Waals surface area contributed by atoms with Crippen molar-refractivity contribution in [3.63, 3.8) is 0 Å². The topological polar surface area (TPSA) is 102 Å². The molecular formula is C31H30N2O5. The Morgan fingerprint density at radius 3 is 2.16 bits per heavy atom. The molecule has 1 fully saturated rings. The van der Waals surface area contributed by atoms with Crippen molar-refractivity contribution < 1.29 is 24.0 Å². The number of benzene rings is 3. The van der Waals surface area contributed by atoms with Crippen molar-refractivity contribution >= 4 is 17.7 Å². The first-order valence-electron chi connectivity index (χ1n) is 12.8. The van der Waals surface area contributed by atoms with E-state index in [0.29, 0.717) is 36.4 Å². The van der Waals surface area contributed by atoms with Gasteiger partial charge in [-0.1, -0.05) is 96.9 Å². The number of carboxylic acids is 1. The lowest BCUT2D eigenvalue weighted by atomic mass is 9.78. The summed E-state index contributed by atoms with van der Waals surface area (Å²) >= 11 is 0. The zero-order valence-corrected chi connectivity index (χ0v) is 21.3. The maximum atomic E-state index is 12.4. The van der Waals surface area contributed by atoms with Gasteiger partial charge >= 0.3 is 12.1 Å². The van der Waals surface area contributed by atoms with Gasteiger partial charge in [-0.2, -0.15) is 0 Å². The Bertz CT molecular complexity index is 1400. The summed E-state index contributed by atoms with van der Waals surface area (Å²) in [6, 6.07) is 25.4. The van der Waals surface area contributed by atoms with Gasteiger partial charge in [-0.25, -0.2) is 4.79 Å². The summed E-state index contributed by atoms with van der Waals surface area (Å²) in [7, 11) is 0. The van der Waals surface area contributed by atoms with E-state index in [2.05, 4.69) is 10.5 Å². The largest absolute Gasteiger partial charge is 0.481 e. The fourth-order valence-corrected chi connectivity index (χ4v) is 5.16. The van der Waals surface area contributed by atoms with Gasteiger partial charge < -0.3 is 14.4 Å². The number of carbonyl (C=O) groups excluding carboxylic acids is 1. The van der Waals surface area contributed by atoms with Gasteiger partial charge in [0.2, 0.25) is 0 Å². The molecule has 7 heteroatoms. The Morgan fingerprint density at radius 2 is 1.53 bits per heavy atom. The molecule has 38 heavy (non-hydrogen) atoms. The van der Waals surface area contributed by atoms with Gasteiger partial charge in [0.15, 0.2) is 5.76 Å². The first-order valence-corrected chi connectivity index (χ1v) is 12.8. The van der Waals surface area contributed by atoms with Crippen molar-refractivity contribution in [3.05, 3.63) is 95.7 Å². The maximum Gasteiger partial charge on any atom is 0.411 e. The molecule has 0 aliphatic heterocycles. The van der Waals surface area contributed by atoms with Gasteiger partial charge in [-0.05, 0) is 42.0 Å². The second-order valence-corrected chi connectivity index (χ2v) is 9.72. The van der Waals surface area contributed by atoms with E-state index in [9.17, 15) is 14.7 Å². The molecule has 194 valence electrons. The van der Waals surface area contributed by atoms with Crippen LogP contribution in [0.2, 0.25) is 0 Å². The smallest absolute Gasteiger partial charge is 0.411 e. The summed E-state index contributed by atoms with van der Waals surface area (Å²) in [6.07, 6.45) is 3.32. The zero-order valence-electron chi connectivity index (χ0n) is 21.3. The van der Waals surface area contributed by atoms with E-state index < -0.39 is 17.5 Å². The Hall–Kier alpha value is -4.39. The van der Waals surface area contributed by atoms with Gasteiger partial charge in [0.1, 0.15) is 11.4 Å². The lowest BCUT2D eigenvalue weighted by Crippen LogP contribution is -2.32. The minimum Gasteiger partial charge on any atom is -0.481 e. The average molecular weight is 511 g/mol. The number of hydrogen-bond donors (Lipinski definition) is 2. The molecule has 0 spiro atoms. The van der Waals surface area contributed by atoms with Crippen LogP contribution in [-0.4, -0.2) is 28.9 Å². The number of nitrogens with zero attached hydrogens (tertiary/aromatic N) is 1. The molecule has 2 N–H and O–H groups in total. The molecular weight excluding hydrogens is 480 g/mol. The Kier molecular flexibility index (Phi) is 7.26. The van der Waals surface area contributed by atoms with Crippen LogP contribution in [0.5, 0.6) is 0 Å². The fraction of sp³-hybridized carbons (Fsp3) is 0.258. The average Bonchev–Trinajstić information content (AvgIpc) is 3.58. The van der Waals surface area contributed by atoms with Gasteiger partial charge in [-0.3, -0.25) is 10.1 Å². The second kappa shape index (κ2) is 10.9. The third kappa shape index (κ3) is 5.18. The van der Waals surface area contributed by atoms with Crippen molar-refractivity contribution in [1.29, 1.82) is 0 Å². The van der Waals surface area contributed by atoms with Gasteiger partial charge in [0.25, 0.3) is 0 Å². The molecule has 1 heterocycles. The van der Waals surface area contributed by atoms with Crippen molar-refractivity contribution in [2.45, 2.75) is 44.4 Å². The number of hydrogen-bond acceptors (Lipinski definition) is 5. The van der Waals surface area contributed by atoms with Crippen molar-refractivity contribution in [2.24, 2.45) is 0 Å². The number of aliphatic carboxylic acids is 1. The number of rotatable bonds is 8. The molecule has 5 rings (SSSR count). The van der Waals surface area contributed by atoms with E-state index in [-0.39, 0.29) is 6.61 Å². The van der Waals surface area contributed by atoms with Crippen LogP contribution in [0.15, 0.2) is 83.4 Å². The van der Waals surface area contributed by atoms with Gasteiger partial charge in [0, 0.05) is 12.0 Å². The van der Waals surface area contributed by atoms with Crippen LogP contribution < -0.4 is 5.32 Å². The summed E-state index contributed by atoms with van der Waals surface area (Å²) in [5, 5.41) is 16.7. The number of aryl methyl sites for hydroxylation is 1. The third-order valence-corrected chi connectivity index (χ3v) is 7.34. The molecule has 1 amide bonds. The van der Waals surface area contributed by atoms with Crippen molar-refractivity contribution in [2.75, 3.05) is 11.9 Å². The number of carboxylic acid groups (broad SMARTS) is 1. The molecule has 0 saturated heterocycles. The number of ether oxygens (including phenoxy) is 1. The standard InChI is InChI=1S/C31H30N2O5/c1-21-27(32-30(36)37-20-17-22-7-3-2-4-8-22)28(38-33-21)25-11-9-23(10-12-25)24-13-15-26(16-14-24)31(29(34)35)18-5-6-19-31/h2-4,7-16H,5-6,17-20H2,1H3,(H,32,36)(H,34,35). The van der Waals surface area contributed by atoms with E-state index in [4.69, 9.17) is 9.26 Å². The molecule has 0 unspecified atom stereocenters. The molecule has 1 aliphatic carbocycles. The Labute approximate surface area is 221 Å². The maximum absolute atomic E-state index is 12.4. The van der Waals surface area contributed by atoms with E-state index in [1.54, 1.807) is 6.92 Å². The number of nitrogens with one attached hydrogen (secondary N) is 1. The quantitative estimate of drug-likeness (QED) is 0.264. The van der Waals surface area contributed by atoms with Gasteiger partial charge in [0.05, 0.1) is 12.0 Å². The first kappa shape index (κ1) is 25.3. The van der Waals surface area contributed by atoms with E-state index in [1.807, 2.05) is 78.9 Å². The molecule has 3 aromatic carbocycles. The van der Waals surface area contributed by atoms with Crippen LogP contribution in [0, 0.1) is 6.92 Å². The molecule has 0 bridgehead atoms. The number of anilines is 1. The minimum absolute atomic E-state index is 0.260. The summed E-state index contributed by atoms with van der Waals surface area (Å²) in [5.41, 5.74) is 4.97. The van der Waals surface area contributed by atoms with Crippen LogP contribution in [-0.2, 0) is 21.4 Å². The lowest BCUT2D eigenvalue weighted by Gasteiger charge is -2.24. The van der Waals surface area contributed by atoms with Crippen LogP contribution >= 0.6 is 0 Å². The van der Waals surface area contributed by atoms with Crippen LogP contribution in [0.25, 0.3) is 22.5 Å². The van der Waals surface area contributed by atoms with Crippen LogP contribution in [0.1, 0.15) is 42.5 Å². The highest BCUT2D eigenvalue weighted by molar-refractivity contribution is 5.91. The molecule has 7 nitrogen and oxygen atoms in total. The van der Waals surface area contributed by atoms with Crippen LogP contribution in [0.3, 0.4) is 0 Å². The Balaban J connectivity index is 1.26. The predicted molar refractivity (Wildman–Crippen MR) is 145 cm³/mol. The molecule has 0 atom stereocenters. The normalized spacial score (nSPS) is 14.2.